The van der Waals surface area contributed by atoms with Crippen LogP contribution in [0.15, 0.2) is 85.1 Å². The number of unbranched alkanes of at least 4 members (excludes halogenated alkanes) is 39. The van der Waals surface area contributed by atoms with Crippen molar-refractivity contribution < 1.29 is 80.2 Å². The summed E-state index contributed by atoms with van der Waals surface area (Å²) in [6.45, 7) is 4.80. The van der Waals surface area contributed by atoms with E-state index in [0.29, 0.717) is 32.1 Å². The molecular formula is C85H152O17P2. The van der Waals surface area contributed by atoms with E-state index in [1.54, 1.807) is 0 Å². The summed E-state index contributed by atoms with van der Waals surface area (Å²) in [6, 6.07) is 0. The Labute approximate surface area is 634 Å². The highest BCUT2D eigenvalue weighted by Gasteiger charge is 2.30. The first-order chi connectivity index (χ1) is 50.7. The van der Waals surface area contributed by atoms with Crippen molar-refractivity contribution in [2.75, 3.05) is 39.6 Å². The molecule has 0 spiro atoms. The molecule has 0 aromatic carbocycles. The summed E-state index contributed by atoms with van der Waals surface area (Å²) in [7, 11) is -9.97. The van der Waals surface area contributed by atoms with Gasteiger partial charge in [-0.15, -0.1) is 0 Å². The largest absolute Gasteiger partial charge is 0.472 e. The maximum atomic E-state index is 13.1. The van der Waals surface area contributed by atoms with E-state index in [0.717, 1.165) is 135 Å². The van der Waals surface area contributed by atoms with Crippen molar-refractivity contribution in [3.05, 3.63) is 85.1 Å². The summed E-state index contributed by atoms with van der Waals surface area (Å²) in [5.41, 5.74) is 0. The molecule has 2 unspecified atom stereocenters. The number of allylic oxidation sites excluding steroid dienone is 14. The maximum absolute atomic E-state index is 13.1. The summed E-state index contributed by atoms with van der Waals surface area (Å²) in [6.07, 6.45) is 81.3. The first kappa shape index (κ1) is 100. The van der Waals surface area contributed by atoms with Crippen LogP contribution in [0.3, 0.4) is 0 Å². The molecule has 0 aliphatic heterocycles. The van der Waals surface area contributed by atoms with E-state index in [4.69, 9.17) is 37.0 Å². The lowest BCUT2D eigenvalue weighted by Crippen LogP contribution is -2.30. The predicted molar refractivity (Wildman–Crippen MR) is 427 cm³/mol. The number of aliphatic hydroxyl groups is 1. The van der Waals surface area contributed by atoms with E-state index in [9.17, 15) is 43.2 Å². The minimum atomic E-state index is -4.99. The van der Waals surface area contributed by atoms with Crippen molar-refractivity contribution in [1.82, 2.24) is 0 Å². The van der Waals surface area contributed by atoms with Crippen LogP contribution in [0.4, 0.5) is 0 Å². The Bertz CT molecular complexity index is 2300. The van der Waals surface area contributed by atoms with Gasteiger partial charge in [0.15, 0.2) is 12.2 Å². The fourth-order valence-corrected chi connectivity index (χ4v) is 13.0. The number of carbonyl (C=O) groups excluding carboxylic acids is 4. The zero-order valence-corrected chi connectivity index (χ0v) is 68.0. The smallest absolute Gasteiger partial charge is 0.462 e. The molecule has 0 radical (unpaired) electrons. The van der Waals surface area contributed by atoms with Gasteiger partial charge in [0.05, 0.1) is 26.4 Å². The van der Waals surface area contributed by atoms with Gasteiger partial charge in [-0.2, -0.15) is 0 Å². The highest BCUT2D eigenvalue weighted by Crippen LogP contribution is 2.45. The van der Waals surface area contributed by atoms with Gasteiger partial charge in [-0.25, -0.2) is 9.13 Å². The molecule has 0 saturated heterocycles. The van der Waals surface area contributed by atoms with E-state index in [2.05, 4.69) is 101 Å². The van der Waals surface area contributed by atoms with E-state index >= 15 is 0 Å². The molecule has 0 amide bonds. The van der Waals surface area contributed by atoms with Crippen LogP contribution < -0.4 is 0 Å². The van der Waals surface area contributed by atoms with Crippen LogP contribution in [0.5, 0.6) is 0 Å². The van der Waals surface area contributed by atoms with Gasteiger partial charge in [0.25, 0.3) is 0 Å². The van der Waals surface area contributed by atoms with Gasteiger partial charge in [-0.1, -0.05) is 312 Å². The summed E-state index contributed by atoms with van der Waals surface area (Å²) in [4.78, 5) is 73.1. The Kier molecular flexibility index (Phi) is 74.6. The van der Waals surface area contributed by atoms with Crippen molar-refractivity contribution >= 4 is 39.5 Å². The normalized spacial score (nSPS) is 14.3. The zero-order chi connectivity index (χ0) is 76.0. The topological polar surface area (TPSA) is 237 Å². The average molecular weight is 1510 g/mol. The van der Waals surface area contributed by atoms with Gasteiger partial charge in [0.2, 0.25) is 0 Å². The fourth-order valence-electron chi connectivity index (χ4n) is 11.4. The molecule has 17 nitrogen and oxygen atoms in total. The number of hydrogen-bond acceptors (Lipinski definition) is 15. The van der Waals surface area contributed by atoms with Crippen LogP contribution in [0, 0.1) is 0 Å². The van der Waals surface area contributed by atoms with Crippen LogP contribution in [0.1, 0.15) is 374 Å². The Morgan fingerprint density at radius 3 is 0.788 bits per heavy atom. The third-order valence-corrected chi connectivity index (χ3v) is 19.7. The third-order valence-electron chi connectivity index (χ3n) is 17.8. The number of phosphoric ester groups is 2. The molecule has 0 bridgehead atoms. The molecule has 5 atom stereocenters. The number of phosphoric acid groups is 2. The highest BCUT2D eigenvalue weighted by atomic mass is 31.2. The average Bonchev–Trinajstić information content (AvgIpc) is 0.926. The Hall–Kier alpha value is -3.76. The fraction of sp³-hybridized carbons (Fsp3) is 0.788. The molecule has 0 rings (SSSR count). The second kappa shape index (κ2) is 77.4. The molecule has 0 saturated carbocycles. The van der Waals surface area contributed by atoms with Crippen molar-refractivity contribution in [2.24, 2.45) is 0 Å². The zero-order valence-electron chi connectivity index (χ0n) is 66.2. The molecule has 3 N–H and O–H groups in total. The highest BCUT2D eigenvalue weighted by molar-refractivity contribution is 7.47. The van der Waals surface area contributed by atoms with Gasteiger partial charge < -0.3 is 33.8 Å². The first-order valence-corrected chi connectivity index (χ1v) is 44.8. The molecule has 0 aromatic rings. The maximum Gasteiger partial charge on any atom is 0.472 e. The minimum absolute atomic E-state index is 0.0830. The molecule has 19 heteroatoms. The lowest BCUT2D eigenvalue weighted by molar-refractivity contribution is -0.161. The Morgan fingerprint density at radius 2 is 0.481 bits per heavy atom. The Balaban J connectivity index is 5.40. The molecule has 104 heavy (non-hydrogen) atoms. The van der Waals surface area contributed by atoms with E-state index in [1.807, 2.05) is 12.2 Å². The molecule has 0 aromatic heterocycles. The number of aliphatic hydroxyl groups excluding tert-OH is 1. The van der Waals surface area contributed by atoms with Crippen LogP contribution in [0.25, 0.3) is 0 Å². The lowest BCUT2D eigenvalue weighted by Gasteiger charge is -2.21. The number of hydrogen-bond donors (Lipinski definition) is 3. The van der Waals surface area contributed by atoms with E-state index in [-0.39, 0.29) is 25.7 Å². The number of esters is 4. The quantitative estimate of drug-likeness (QED) is 0.0169. The number of carbonyl (C=O) groups is 4. The molecule has 0 aliphatic rings. The number of ether oxygens (including phenoxy) is 4. The van der Waals surface area contributed by atoms with Crippen molar-refractivity contribution in [2.45, 2.75) is 393 Å². The molecule has 0 heterocycles. The summed E-state index contributed by atoms with van der Waals surface area (Å²) < 4.78 is 68.7. The monoisotopic (exact) mass is 1510 g/mol. The van der Waals surface area contributed by atoms with E-state index < -0.39 is 97.5 Å². The summed E-state index contributed by atoms with van der Waals surface area (Å²) >= 11 is 0. The van der Waals surface area contributed by atoms with E-state index in [1.165, 1.54) is 154 Å². The molecule has 0 fully saturated rings. The second-order valence-corrected chi connectivity index (χ2v) is 31.0. The van der Waals surface area contributed by atoms with Crippen molar-refractivity contribution in [3.8, 4) is 0 Å². The molecule has 0 aliphatic carbocycles. The molecule has 604 valence electrons. The van der Waals surface area contributed by atoms with Gasteiger partial charge >= 0.3 is 39.5 Å². The first-order valence-electron chi connectivity index (χ1n) is 41.8. The lowest BCUT2D eigenvalue weighted by atomic mass is 10.0. The summed E-state index contributed by atoms with van der Waals surface area (Å²) in [5, 5.41) is 10.7. The SMILES string of the molecule is CCCCC/C=C\C/C=C\C/C=C\C/C=C\CCCC(=O)OC[C@H](COP(=O)(O)OC[C@@H](O)COP(=O)(O)OC[C@@H](COC(=O)CCCCCCC/C=C\C/C=C\CCCCC)OC(=O)CCCCCCC/C=C\CCCCCCCC)OC(=O)CCCCCCCCCCCCCCCCCCC. The standard InChI is InChI=1S/C85H152O17P2/c1-5-9-13-17-21-25-29-33-37-39-43-46-50-54-58-62-66-70-83(88)96-76-81(102-85(90)72-68-64-60-56-52-48-44-40-38-34-30-26-22-18-14-10-6-2)78-100-104(93,94)98-74-79(86)73-97-103(91,92)99-77-80(101-84(89)71-67-63-59-55-51-47-42-36-32-28-24-20-16-12-8-4)75-95-82(87)69-65-61-57-53-49-45-41-35-31-27-23-19-15-11-7-3/h21,23,25,27,33,35-37,41-43,46,54,58,79-81,86H,5-20,22,24,26,28-32,34,38-40,44-45,47-53,55-57,59-78H2,1-4H3,(H,91,92)(H,93,94)/b25-21-,27-23-,37-33-,41-35-,42-36-,46-43-,58-54-/t79-,80+,81+/m0/s1. The summed E-state index contributed by atoms with van der Waals surface area (Å²) in [5.74, 6) is -2.24. The van der Waals surface area contributed by atoms with Crippen LogP contribution >= 0.6 is 15.6 Å². The van der Waals surface area contributed by atoms with Crippen molar-refractivity contribution in [3.63, 3.8) is 0 Å². The van der Waals surface area contributed by atoms with Crippen LogP contribution in [0.2, 0.25) is 0 Å². The van der Waals surface area contributed by atoms with Gasteiger partial charge in [0.1, 0.15) is 19.3 Å². The van der Waals surface area contributed by atoms with Crippen molar-refractivity contribution in [1.29, 1.82) is 0 Å². The minimum Gasteiger partial charge on any atom is -0.462 e. The predicted octanol–water partition coefficient (Wildman–Crippen LogP) is 24.6. The van der Waals surface area contributed by atoms with Crippen LogP contribution in [-0.2, 0) is 65.4 Å². The third kappa shape index (κ3) is 76.4. The molecular weight excluding hydrogens is 1350 g/mol. The number of rotatable bonds is 79. The Morgan fingerprint density at radius 1 is 0.269 bits per heavy atom. The van der Waals surface area contributed by atoms with Crippen LogP contribution in [-0.4, -0.2) is 96.7 Å². The van der Waals surface area contributed by atoms with Gasteiger partial charge in [-0.05, 0) is 122 Å². The second-order valence-electron chi connectivity index (χ2n) is 28.1. The van der Waals surface area contributed by atoms with Gasteiger partial charge in [0, 0.05) is 25.7 Å². The van der Waals surface area contributed by atoms with Gasteiger partial charge in [-0.3, -0.25) is 37.3 Å².